The molecule has 0 radical (unpaired) electrons. The first-order valence-corrected chi connectivity index (χ1v) is 15.9. The van der Waals surface area contributed by atoms with Crippen LogP contribution in [0.3, 0.4) is 0 Å². The topological polar surface area (TPSA) is 105 Å². The minimum atomic E-state index is -0.471. The highest BCUT2D eigenvalue weighted by Crippen LogP contribution is 2.27. The van der Waals surface area contributed by atoms with Crippen molar-refractivity contribution >= 4 is 11.8 Å². The molecule has 0 heterocycles. The number of amides is 2. The number of nitrogens with one attached hydrogen (secondary N) is 2. The van der Waals surface area contributed by atoms with Crippen LogP contribution in [0.15, 0.2) is 72.8 Å². The van der Waals surface area contributed by atoms with Gasteiger partial charge in [-0.25, -0.2) is 0 Å². The molecule has 0 unspecified atom stereocenters. The average molecular weight is 603 g/mol. The Morgan fingerprint density at radius 1 is 0.568 bits per heavy atom. The van der Waals surface area contributed by atoms with Crippen molar-refractivity contribution in [2.75, 3.05) is 40.3 Å². The van der Waals surface area contributed by atoms with Gasteiger partial charge >= 0.3 is 0 Å². The molecule has 0 fully saturated rings. The molecule has 2 amide bonds. The van der Waals surface area contributed by atoms with Gasteiger partial charge in [0.05, 0.1) is 11.1 Å². The van der Waals surface area contributed by atoms with Gasteiger partial charge in [-0.3, -0.25) is 9.59 Å². The summed E-state index contributed by atoms with van der Waals surface area (Å²) in [5.41, 5.74) is 2.53. The number of phenols is 2. The van der Waals surface area contributed by atoms with Crippen molar-refractivity contribution in [2.24, 2.45) is 0 Å². The maximum absolute atomic E-state index is 12.6. The van der Waals surface area contributed by atoms with Gasteiger partial charge in [0, 0.05) is 26.2 Å². The summed E-state index contributed by atoms with van der Waals surface area (Å²) in [6.45, 7) is 4.85. The second-order valence-electron chi connectivity index (χ2n) is 11.7. The second kappa shape index (κ2) is 19.4. The molecule has 3 aromatic rings. The number of benzene rings is 3. The Labute approximate surface area is 263 Å². The highest BCUT2D eigenvalue weighted by molar-refractivity contribution is 6.02. The van der Waals surface area contributed by atoms with Crippen LogP contribution in [0.4, 0.5) is 0 Å². The van der Waals surface area contributed by atoms with Gasteiger partial charge in [-0.1, -0.05) is 86.3 Å². The lowest BCUT2D eigenvalue weighted by atomic mass is 10.1. The van der Waals surface area contributed by atoms with Crippen LogP contribution in [0, 0.1) is 0 Å². The molecule has 4 N–H and O–H groups in total. The van der Waals surface area contributed by atoms with Crippen molar-refractivity contribution in [3.8, 4) is 11.5 Å². The Morgan fingerprint density at radius 3 is 1.32 bits per heavy atom. The molecule has 0 aliphatic carbocycles. The molecule has 0 atom stereocenters. The SMILES string of the molecule is CN(CCCCCCNC(=O)c1cc(O)c(C(=O)NCCCCCCN(C)Cc2ccccc2)cc1O)Cc1ccccc1. The Hall–Kier alpha value is -3.88. The minimum Gasteiger partial charge on any atom is -0.507 e. The van der Waals surface area contributed by atoms with Gasteiger partial charge < -0.3 is 30.6 Å². The van der Waals surface area contributed by atoms with Crippen LogP contribution in [0.5, 0.6) is 11.5 Å². The number of nitrogens with zero attached hydrogens (tertiary/aromatic N) is 2. The van der Waals surface area contributed by atoms with E-state index in [0.717, 1.165) is 89.7 Å². The molecule has 0 bridgehead atoms. The number of phenolic OH excluding ortho intramolecular Hbond substituents is 2. The van der Waals surface area contributed by atoms with Gasteiger partial charge in [0.25, 0.3) is 11.8 Å². The fourth-order valence-electron chi connectivity index (χ4n) is 5.20. The number of rotatable bonds is 20. The van der Waals surface area contributed by atoms with Gasteiger partial charge in [0.2, 0.25) is 0 Å². The predicted octanol–water partition coefficient (Wildman–Crippen LogP) is 5.94. The van der Waals surface area contributed by atoms with Crippen molar-refractivity contribution in [3.05, 3.63) is 95.1 Å². The summed E-state index contributed by atoms with van der Waals surface area (Å²) >= 11 is 0. The van der Waals surface area contributed by atoms with Crippen molar-refractivity contribution in [3.63, 3.8) is 0 Å². The number of unbranched alkanes of at least 4 members (excludes halogenated alkanes) is 6. The summed E-state index contributed by atoms with van der Waals surface area (Å²) in [7, 11) is 4.25. The van der Waals surface area contributed by atoms with E-state index in [-0.39, 0.29) is 22.6 Å². The molecule has 0 spiro atoms. The van der Waals surface area contributed by atoms with Crippen LogP contribution in [-0.4, -0.2) is 72.1 Å². The Bertz CT molecular complexity index is 1170. The predicted molar refractivity (Wildman–Crippen MR) is 177 cm³/mol. The highest BCUT2D eigenvalue weighted by atomic mass is 16.3. The monoisotopic (exact) mass is 602 g/mol. The summed E-state index contributed by atoms with van der Waals surface area (Å²) < 4.78 is 0. The summed E-state index contributed by atoms with van der Waals surface area (Å²) in [6.07, 6.45) is 7.93. The van der Waals surface area contributed by atoms with E-state index in [1.807, 2.05) is 12.1 Å². The van der Waals surface area contributed by atoms with Crippen LogP contribution in [-0.2, 0) is 13.1 Å². The number of hydrogen-bond donors (Lipinski definition) is 4. The smallest absolute Gasteiger partial charge is 0.255 e. The van der Waals surface area contributed by atoms with Crippen molar-refractivity contribution < 1.29 is 19.8 Å². The molecule has 3 rings (SSSR count). The fraction of sp³-hybridized carbons (Fsp3) is 0.444. The maximum Gasteiger partial charge on any atom is 0.255 e. The Kier molecular flexibility index (Phi) is 15.3. The molecule has 0 aliphatic heterocycles. The highest BCUT2D eigenvalue weighted by Gasteiger charge is 2.19. The fourth-order valence-corrected chi connectivity index (χ4v) is 5.20. The molecule has 0 saturated heterocycles. The lowest BCUT2D eigenvalue weighted by Crippen LogP contribution is -2.26. The van der Waals surface area contributed by atoms with E-state index in [2.05, 4.69) is 83.1 Å². The third-order valence-corrected chi connectivity index (χ3v) is 7.70. The minimum absolute atomic E-state index is 0.0428. The first-order chi connectivity index (χ1) is 21.3. The number of aromatic hydroxyl groups is 2. The van der Waals surface area contributed by atoms with E-state index >= 15 is 0 Å². The van der Waals surface area contributed by atoms with Gasteiger partial charge in [0.15, 0.2) is 0 Å². The van der Waals surface area contributed by atoms with E-state index < -0.39 is 11.8 Å². The van der Waals surface area contributed by atoms with Gasteiger partial charge in [-0.2, -0.15) is 0 Å². The number of carbonyl (C=O) groups is 2. The zero-order valence-corrected chi connectivity index (χ0v) is 26.4. The van der Waals surface area contributed by atoms with E-state index in [9.17, 15) is 19.8 Å². The van der Waals surface area contributed by atoms with Gasteiger partial charge in [-0.05, 0) is 76.1 Å². The number of carbonyl (C=O) groups excluding carboxylic acids is 2. The molecular weight excluding hydrogens is 552 g/mol. The molecular formula is C36H50N4O4. The Morgan fingerprint density at radius 2 is 0.932 bits per heavy atom. The quantitative estimate of drug-likeness (QED) is 0.0942. The van der Waals surface area contributed by atoms with Crippen LogP contribution < -0.4 is 10.6 Å². The van der Waals surface area contributed by atoms with E-state index in [4.69, 9.17) is 0 Å². The third kappa shape index (κ3) is 12.8. The largest absolute Gasteiger partial charge is 0.507 e. The molecule has 0 saturated carbocycles. The summed E-state index contributed by atoms with van der Waals surface area (Å²) in [5.74, 6) is -1.60. The van der Waals surface area contributed by atoms with E-state index in [0.29, 0.717) is 13.1 Å². The second-order valence-corrected chi connectivity index (χ2v) is 11.7. The van der Waals surface area contributed by atoms with Crippen molar-refractivity contribution in [2.45, 2.75) is 64.5 Å². The van der Waals surface area contributed by atoms with Crippen LogP contribution >= 0.6 is 0 Å². The van der Waals surface area contributed by atoms with E-state index in [1.54, 1.807) is 0 Å². The van der Waals surface area contributed by atoms with Crippen molar-refractivity contribution in [1.29, 1.82) is 0 Å². The number of hydrogen-bond acceptors (Lipinski definition) is 6. The Balaban J connectivity index is 1.26. The zero-order valence-electron chi connectivity index (χ0n) is 26.4. The molecule has 0 aromatic heterocycles. The zero-order chi connectivity index (χ0) is 31.6. The van der Waals surface area contributed by atoms with E-state index in [1.165, 1.54) is 11.1 Å². The summed E-state index contributed by atoms with van der Waals surface area (Å²) in [4.78, 5) is 29.8. The molecule has 238 valence electrons. The normalized spacial score (nSPS) is 11.2. The van der Waals surface area contributed by atoms with Crippen LogP contribution in [0.25, 0.3) is 0 Å². The molecule has 8 nitrogen and oxygen atoms in total. The molecule has 0 aliphatic rings. The van der Waals surface area contributed by atoms with Crippen molar-refractivity contribution in [1.82, 2.24) is 20.4 Å². The van der Waals surface area contributed by atoms with Crippen LogP contribution in [0.2, 0.25) is 0 Å². The summed E-state index contributed by atoms with van der Waals surface area (Å²) in [5, 5.41) is 26.4. The maximum atomic E-state index is 12.6. The van der Waals surface area contributed by atoms with Crippen LogP contribution in [0.1, 0.15) is 83.2 Å². The van der Waals surface area contributed by atoms with Gasteiger partial charge in [0.1, 0.15) is 11.5 Å². The summed E-state index contributed by atoms with van der Waals surface area (Å²) in [6, 6.07) is 23.1. The average Bonchev–Trinajstić information content (AvgIpc) is 3.01. The first-order valence-electron chi connectivity index (χ1n) is 15.9. The molecule has 8 heteroatoms. The standard InChI is InChI=1S/C36H50N4O4/c1-39(27-29-17-9-7-10-18-29)23-15-5-3-13-21-37-35(43)31-25-34(42)32(26-33(31)41)36(44)38-22-14-4-6-16-24-40(2)28-30-19-11-8-12-20-30/h7-12,17-20,25-26,41-42H,3-6,13-16,21-24,27-28H2,1-2H3,(H,37,43)(H,38,44). The first kappa shape index (κ1) is 34.6. The lowest BCUT2D eigenvalue weighted by Gasteiger charge is -2.16. The lowest BCUT2D eigenvalue weighted by molar-refractivity contribution is 0.0935. The third-order valence-electron chi connectivity index (χ3n) is 7.70. The molecule has 44 heavy (non-hydrogen) atoms. The van der Waals surface area contributed by atoms with Gasteiger partial charge in [-0.15, -0.1) is 0 Å². The molecule has 3 aromatic carbocycles.